The third kappa shape index (κ3) is 3.58. The highest BCUT2D eigenvalue weighted by Gasteiger charge is 2.44. The van der Waals surface area contributed by atoms with Gasteiger partial charge in [-0.1, -0.05) is 84.9 Å². The molecular formula is C24H31OPSi. The molecule has 0 saturated carbocycles. The second-order valence-electron chi connectivity index (χ2n) is 8.61. The maximum Gasteiger partial charge on any atom is 0.140 e. The van der Waals surface area contributed by atoms with E-state index in [-0.39, 0.29) is 0 Å². The smallest absolute Gasteiger partial charge is 0.140 e. The first-order valence-electron chi connectivity index (χ1n) is 9.74. The molecule has 3 rings (SSSR count). The van der Waals surface area contributed by atoms with E-state index in [1.54, 1.807) is 0 Å². The van der Waals surface area contributed by atoms with E-state index in [1.807, 2.05) is 36.4 Å². The molecule has 0 aromatic heterocycles. The zero-order valence-electron chi connectivity index (χ0n) is 17.4. The summed E-state index contributed by atoms with van der Waals surface area (Å²) in [6, 6.07) is 20.3. The highest BCUT2D eigenvalue weighted by atomic mass is 31.2. The molecule has 0 aliphatic heterocycles. The largest absolute Gasteiger partial charge is 0.314 e. The lowest BCUT2D eigenvalue weighted by molar-refractivity contribution is 0.589. The first-order valence-corrected chi connectivity index (χ1v) is 14.9. The van der Waals surface area contributed by atoms with Gasteiger partial charge in [0.1, 0.15) is 7.14 Å². The summed E-state index contributed by atoms with van der Waals surface area (Å²) in [4.78, 5) is 0. The summed E-state index contributed by atoms with van der Waals surface area (Å²) in [5.74, 6) is 0.800. The van der Waals surface area contributed by atoms with Crippen molar-refractivity contribution < 1.29 is 4.57 Å². The van der Waals surface area contributed by atoms with Crippen molar-refractivity contribution in [2.45, 2.75) is 46.3 Å². The van der Waals surface area contributed by atoms with Crippen LogP contribution in [0.25, 0.3) is 0 Å². The van der Waals surface area contributed by atoms with Gasteiger partial charge in [0.2, 0.25) is 0 Å². The first-order chi connectivity index (χ1) is 12.7. The Labute approximate surface area is 165 Å². The van der Waals surface area contributed by atoms with Crippen molar-refractivity contribution in [3.05, 3.63) is 83.0 Å². The average Bonchev–Trinajstić information content (AvgIpc) is 2.86. The standard InChI is InChI=1S/C24H31OPSi/c1-18-19(2)21(4)24(20(18)3)27(5,6)17-26(25,22-13-9-7-10-14-22)23-15-11-8-12-16-23/h7-16,24H,17H2,1-6H3. The van der Waals surface area contributed by atoms with Crippen LogP contribution in [0.2, 0.25) is 18.6 Å². The van der Waals surface area contributed by atoms with E-state index in [1.165, 1.54) is 22.3 Å². The SMILES string of the molecule is CC1=C(C)C([Si](C)(C)CP(=O)(c2ccccc2)c2ccccc2)C(C)=C1C. The van der Waals surface area contributed by atoms with Gasteiger partial charge in [0.05, 0.1) is 8.07 Å². The van der Waals surface area contributed by atoms with Crippen LogP contribution in [0.15, 0.2) is 83.0 Å². The number of rotatable bonds is 5. The summed E-state index contributed by atoms with van der Waals surface area (Å²) in [7, 11) is -4.53. The second-order valence-corrected chi connectivity index (χ2v) is 16.9. The van der Waals surface area contributed by atoms with E-state index in [4.69, 9.17) is 0 Å². The molecule has 0 saturated heterocycles. The molecule has 1 aliphatic carbocycles. The molecule has 0 N–H and O–H groups in total. The third-order valence-corrected chi connectivity index (χ3v) is 16.1. The van der Waals surface area contributed by atoms with Gasteiger partial charge in [-0.05, 0) is 44.4 Å². The van der Waals surface area contributed by atoms with Crippen LogP contribution in [0.1, 0.15) is 27.7 Å². The Morgan fingerprint density at radius 1 is 0.741 bits per heavy atom. The molecular weight excluding hydrogens is 363 g/mol. The fourth-order valence-electron chi connectivity index (χ4n) is 4.86. The predicted octanol–water partition coefficient (Wildman–Crippen LogP) is 6.30. The Morgan fingerprint density at radius 3 is 1.48 bits per heavy atom. The molecule has 0 fully saturated rings. The van der Waals surface area contributed by atoms with E-state index in [2.05, 4.69) is 65.1 Å². The number of hydrogen-bond donors (Lipinski definition) is 0. The summed E-state index contributed by atoms with van der Waals surface area (Å²) in [5.41, 5.74) is 6.35. The summed E-state index contributed by atoms with van der Waals surface area (Å²) in [6.45, 7) is 13.9. The van der Waals surface area contributed by atoms with E-state index >= 15 is 0 Å². The molecule has 142 valence electrons. The van der Waals surface area contributed by atoms with Crippen molar-refractivity contribution in [3.8, 4) is 0 Å². The lowest BCUT2D eigenvalue weighted by Crippen LogP contribution is -2.41. The Balaban J connectivity index is 2.10. The Kier molecular flexibility index (Phi) is 5.52. The van der Waals surface area contributed by atoms with Crippen LogP contribution < -0.4 is 10.6 Å². The van der Waals surface area contributed by atoms with Gasteiger partial charge in [-0.2, -0.15) is 0 Å². The van der Waals surface area contributed by atoms with E-state index < -0.39 is 15.2 Å². The molecule has 0 radical (unpaired) electrons. The highest BCUT2D eigenvalue weighted by molar-refractivity contribution is 7.80. The number of allylic oxidation sites excluding steroid dienone is 4. The van der Waals surface area contributed by atoms with Crippen LogP contribution in [0.5, 0.6) is 0 Å². The Morgan fingerprint density at radius 2 is 1.11 bits per heavy atom. The number of hydrogen-bond acceptors (Lipinski definition) is 1. The van der Waals surface area contributed by atoms with Crippen molar-refractivity contribution in [2.24, 2.45) is 0 Å². The number of benzene rings is 2. The molecule has 0 spiro atoms. The van der Waals surface area contributed by atoms with Crippen LogP contribution >= 0.6 is 7.14 Å². The van der Waals surface area contributed by atoms with Crippen LogP contribution in [0.4, 0.5) is 0 Å². The molecule has 0 heterocycles. The molecule has 1 aliphatic rings. The summed E-state index contributed by atoms with van der Waals surface area (Å²) < 4.78 is 14.6. The summed E-state index contributed by atoms with van der Waals surface area (Å²) in [5, 5.41) is 1.98. The molecule has 1 nitrogen and oxygen atoms in total. The monoisotopic (exact) mass is 394 g/mol. The molecule has 0 amide bonds. The molecule has 0 bridgehead atoms. The van der Waals surface area contributed by atoms with Crippen molar-refractivity contribution in [2.75, 3.05) is 5.79 Å². The van der Waals surface area contributed by atoms with Gasteiger partial charge in [0.15, 0.2) is 0 Å². The lowest BCUT2D eigenvalue weighted by Gasteiger charge is -2.36. The zero-order chi connectivity index (χ0) is 19.8. The minimum absolute atomic E-state index is 0.484. The van der Waals surface area contributed by atoms with E-state index in [0.717, 1.165) is 16.4 Å². The molecule has 0 unspecified atom stereocenters. The van der Waals surface area contributed by atoms with Gasteiger partial charge < -0.3 is 4.57 Å². The van der Waals surface area contributed by atoms with Crippen LogP contribution in [-0.2, 0) is 4.57 Å². The predicted molar refractivity (Wildman–Crippen MR) is 123 cm³/mol. The minimum atomic E-state index is -2.67. The molecule has 3 heteroatoms. The van der Waals surface area contributed by atoms with Gasteiger partial charge in [0, 0.05) is 16.4 Å². The summed E-state index contributed by atoms with van der Waals surface area (Å²) in [6.07, 6.45) is 0. The maximum absolute atomic E-state index is 14.6. The summed E-state index contributed by atoms with van der Waals surface area (Å²) >= 11 is 0. The van der Waals surface area contributed by atoms with Crippen molar-refractivity contribution in [3.63, 3.8) is 0 Å². The van der Waals surface area contributed by atoms with Gasteiger partial charge >= 0.3 is 0 Å². The quantitative estimate of drug-likeness (QED) is 0.429. The second kappa shape index (κ2) is 7.41. The van der Waals surface area contributed by atoms with Crippen molar-refractivity contribution in [1.82, 2.24) is 0 Å². The fourth-order valence-corrected chi connectivity index (χ4v) is 16.0. The van der Waals surface area contributed by atoms with Gasteiger partial charge in [0.25, 0.3) is 0 Å². The van der Waals surface area contributed by atoms with Crippen LogP contribution in [0, 0.1) is 0 Å². The highest BCUT2D eigenvalue weighted by Crippen LogP contribution is 2.53. The first kappa shape index (κ1) is 20.1. The molecule has 27 heavy (non-hydrogen) atoms. The van der Waals surface area contributed by atoms with Gasteiger partial charge in [-0.3, -0.25) is 0 Å². The maximum atomic E-state index is 14.6. The minimum Gasteiger partial charge on any atom is -0.314 e. The third-order valence-electron chi connectivity index (χ3n) is 6.37. The Bertz CT molecular complexity index is 871. The van der Waals surface area contributed by atoms with Gasteiger partial charge in [-0.25, -0.2) is 0 Å². The van der Waals surface area contributed by atoms with Crippen LogP contribution in [0.3, 0.4) is 0 Å². The van der Waals surface area contributed by atoms with E-state index in [0.29, 0.717) is 5.54 Å². The molecule has 2 aromatic rings. The van der Waals surface area contributed by atoms with Crippen molar-refractivity contribution in [1.29, 1.82) is 0 Å². The van der Waals surface area contributed by atoms with Crippen LogP contribution in [-0.4, -0.2) is 13.9 Å². The molecule has 0 atom stereocenters. The fraction of sp³-hybridized carbons (Fsp3) is 0.333. The lowest BCUT2D eigenvalue weighted by atomic mass is 10.1. The van der Waals surface area contributed by atoms with E-state index in [9.17, 15) is 4.57 Å². The average molecular weight is 395 g/mol. The van der Waals surface area contributed by atoms with Gasteiger partial charge in [-0.15, -0.1) is 0 Å². The van der Waals surface area contributed by atoms with Crippen molar-refractivity contribution >= 4 is 25.8 Å². The zero-order valence-corrected chi connectivity index (χ0v) is 19.3. The topological polar surface area (TPSA) is 17.1 Å². The normalized spacial score (nSPS) is 16.4. The molecule has 2 aromatic carbocycles. The Hall–Kier alpha value is -1.63.